The van der Waals surface area contributed by atoms with Gasteiger partial charge in [-0.15, -0.1) is 0 Å². The van der Waals surface area contributed by atoms with Crippen molar-refractivity contribution in [3.05, 3.63) is 101 Å². The van der Waals surface area contributed by atoms with Gasteiger partial charge in [0.25, 0.3) is 5.91 Å². The minimum absolute atomic E-state index is 0.274. The van der Waals surface area contributed by atoms with E-state index in [1.165, 1.54) is 0 Å². The quantitative estimate of drug-likeness (QED) is 0.250. The number of benzene rings is 3. The van der Waals surface area contributed by atoms with Crippen LogP contribution in [0.5, 0.6) is 5.75 Å². The van der Waals surface area contributed by atoms with Crippen molar-refractivity contribution in [1.82, 2.24) is 15.5 Å². The van der Waals surface area contributed by atoms with Gasteiger partial charge in [-0.25, -0.2) is 4.90 Å². The third-order valence-electron chi connectivity index (χ3n) is 6.91. The molecule has 3 aromatic rings. The van der Waals surface area contributed by atoms with Crippen LogP contribution in [0.25, 0.3) is 0 Å². The standard InChI is InChI=1S/C30H37N3O5/c1-3-14-33-29(36)24-13-12-22(17-25(24)30(33)37)28(35)32-26(16-20-8-5-4-6-9-20)27(34)19-31-18-21-10-7-11-23(15-21)38-2/h4-13,15,17,26-27,29-31,34,36-37H,3,14,16,18-19H2,1-2H3,(H,32,35)/t26-,27+,29?,30?/m0/s1. The zero-order chi connectivity index (χ0) is 27.1. The maximum atomic E-state index is 13.3. The average Bonchev–Trinajstić information content (AvgIpc) is 3.17. The molecule has 0 spiro atoms. The minimum Gasteiger partial charge on any atom is -0.497 e. The van der Waals surface area contributed by atoms with Crippen LogP contribution in [0, 0.1) is 0 Å². The van der Waals surface area contributed by atoms with E-state index in [-0.39, 0.29) is 12.5 Å². The van der Waals surface area contributed by atoms with Gasteiger partial charge in [0.1, 0.15) is 18.2 Å². The van der Waals surface area contributed by atoms with Crippen LogP contribution in [0.15, 0.2) is 72.8 Å². The first-order valence-corrected chi connectivity index (χ1v) is 13.0. The van der Waals surface area contributed by atoms with E-state index in [1.807, 2.05) is 61.5 Å². The number of rotatable bonds is 12. The number of fused-ring (bicyclic) bond motifs is 1. The normalized spacial score (nSPS) is 18.6. The van der Waals surface area contributed by atoms with E-state index in [9.17, 15) is 20.1 Å². The molecule has 0 saturated carbocycles. The summed E-state index contributed by atoms with van der Waals surface area (Å²) in [5.74, 6) is 0.417. The van der Waals surface area contributed by atoms with Crippen molar-refractivity contribution in [2.45, 2.75) is 50.9 Å². The molecule has 8 heteroatoms. The lowest BCUT2D eigenvalue weighted by Crippen LogP contribution is -2.48. The van der Waals surface area contributed by atoms with Crippen molar-refractivity contribution >= 4 is 5.91 Å². The number of aliphatic hydroxyl groups excluding tert-OH is 3. The summed E-state index contributed by atoms with van der Waals surface area (Å²) >= 11 is 0. The molecule has 1 aliphatic heterocycles. The Morgan fingerprint density at radius 3 is 2.45 bits per heavy atom. The molecule has 0 aromatic heterocycles. The second kappa shape index (κ2) is 13.0. The van der Waals surface area contributed by atoms with Gasteiger partial charge < -0.3 is 30.7 Å². The van der Waals surface area contributed by atoms with Crippen molar-refractivity contribution in [2.75, 3.05) is 20.2 Å². The Bertz CT molecular complexity index is 1210. The number of nitrogens with zero attached hydrogens (tertiary/aromatic N) is 1. The first-order chi connectivity index (χ1) is 18.4. The molecule has 3 aromatic carbocycles. The van der Waals surface area contributed by atoms with E-state index in [0.717, 1.165) is 23.3 Å². The molecule has 0 fully saturated rings. The molecule has 4 rings (SSSR count). The zero-order valence-corrected chi connectivity index (χ0v) is 21.9. The highest BCUT2D eigenvalue weighted by molar-refractivity contribution is 5.94. The third kappa shape index (κ3) is 6.59. The van der Waals surface area contributed by atoms with Crippen molar-refractivity contribution in [3.63, 3.8) is 0 Å². The second-order valence-corrected chi connectivity index (χ2v) is 9.65. The molecule has 8 nitrogen and oxygen atoms in total. The summed E-state index contributed by atoms with van der Waals surface area (Å²) in [4.78, 5) is 14.9. The summed E-state index contributed by atoms with van der Waals surface area (Å²) in [6, 6.07) is 21.8. The second-order valence-electron chi connectivity index (χ2n) is 9.65. The first-order valence-electron chi connectivity index (χ1n) is 13.0. The van der Waals surface area contributed by atoms with Gasteiger partial charge in [-0.3, -0.25) is 4.79 Å². The number of ether oxygens (including phenoxy) is 1. The molecule has 4 atom stereocenters. The van der Waals surface area contributed by atoms with Gasteiger partial charge in [-0.05, 0) is 48.2 Å². The number of carbonyl (C=O) groups is 1. The number of hydrogen-bond acceptors (Lipinski definition) is 7. The van der Waals surface area contributed by atoms with Gasteiger partial charge in [-0.2, -0.15) is 0 Å². The van der Waals surface area contributed by atoms with Crippen LogP contribution in [0.3, 0.4) is 0 Å². The minimum atomic E-state index is -0.973. The number of carbonyl (C=O) groups excluding carboxylic acids is 1. The Morgan fingerprint density at radius 2 is 1.71 bits per heavy atom. The van der Waals surface area contributed by atoms with Gasteiger partial charge in [0.2, 0.25) is 0 Å². The van der Waals surface area contributed by atoms with Crippen LogP contribution in [-0.2, 0) is 13.0 Å². The third-order valence-corrected chi connectivity index (χ3v) is 6.91. The van der Waals surface area contributed by atoms with E-state index in [4.69, 9.17) is 4.74 Å². The fraction of sp³-hybridized carbons (Fsp3) is 0.367. The number of nitrogens with one attached hydrogen (secondary N) is 2. The highest BCUT2D eigenvalue weighted by Gasteiger charge is 2.36. The Labute approximate surface area is 223 Å². The van der Waals surface area contributed by atoms with E-state index in [1.54, 1.807) is 30.2 Å². The van der Waals surface area contributed by atoms with E-state index >= 15 is 0 Å². The van der Waals surface area contributed by atoms with Crippen LogP contribution >= 0.6 is 0 Å². The molecule has 202 valence electrons. The predicted octanol–water partition coefficient (Wildman–Crippen LogP) is 2.89. The highest BCUT2D eigenvalue weighted by Crippen LogP contribution is 2.39. The van der Waals surface area contributed by atoms with Crippen LogP contribution in [-0.4, -0.2) is 58.5 Å². The van der Waals surface area contributed by atoms with E-state index in [0.29, 0.717) is 36.2 Å². The van der Waals surface area contributed by atoms with Gasteiger partial charge in [0, 0.05) is 36.3 Å². The molecule has 1 heterocycles. The molecular weight excluding hydrogens is 482 g/mol. The van der Waals surface area contributed by atoms with Gasteiger partial charge >= 0.3 is 0 Å². The SMILES string of the molecule is CCCN1C(O)c2ccc(C(=O)N[C@@H](Cc3ccccc3)[C@H](O)CNCc3cccc(OC)c3)cc2C1O. The van der Waals surface area contributed by atoms with Crippen LogP contribution in [0.4, 0.5) is 0 Å². The van der Waals surface area contributed by atoms with Gasteiger partial charge in [-0.1, -0.05) is 55.5 Å². The Morgan fingerprint density at radius 1 is 0.974 bits per heavy atom. The molecule has 0 saturated heterocycles. The lowest BCUT2D eigenvalue weighted by molar-refractivity contribution is -0.0839. The zero-order valence-electron chi connectivity index (χ0n) is 21.9. The maximum absolute atomic E-state index is 13.3. The Balaban J connectivity index is 1.45. The Kier molecular flexibility index (Phi) is 9.49. The largest absolute Gasteiger partial charge is 0.497 e. The van der Waals surface area contributed by atoms with Gasteiger partial charge in [0.05, 0.1) is 19.3 Å². The smallest absolute Gasteiger partial charge is 0.251 e. The predicted molar refractivity (Wildman–Crippen MR) is 145 cm³/mol. The monoisotopic (exact) mass is 519 g/mol. The van der Waals surface area contributed by atoms with Crippen LogP contribution in [0.1, 0.15) is 58.4 Å². The van der Waals surface area contributed by atoms with Gasteiger partial charge in [0.15, 0.2) is 0 Å². The molecule has 5 N–H and O–H groups in total. The summed E-state index contributed by atoms with van der Waals surface area (Å²) in [7, 11) is 1.62. The molecule has 1 aliphatic rings. The molecule has 0 radical (unpaired) electrons. The molecule has 0 bridgehead atoms. The van der Waals surface area contributed by atoms with Crippen molar-refractivity contribution < 1.29 is 24.9 Å². The highest BCUT2D eigenvalue weighted by atomic mass is 16.5. The molecule has 2 unspecified atom stereocenters. The van der Waals surface area contributed by atoms with Crippen molar-refractivity contribution in [1.29, 1.82) is 0 Å². The summed E-state index contributed by atoms with van der Waals surface area (Å²) < 4.78 is 5.27. The topological polar surface area (TPSA) is 114 Å². The lowest BCUT2D eigenvalue weighted by Gasteiger charge is -2.25. The van der Waals surface area contributed by atoms with Crippen molar-refractivity contribution in [3.8, 4) is 5.75 Å². The fourth-order valence-electron chi connectivity index (χ4n) is 4.86. The average molecular weight is 520 g/mol. The summed E-state index contributed by atoms with van der Waals surface area (Å²) in [5.41, 5.74) is 3.51. The summed E-state index contributed by atoms with van der Waals surface area (Å²) in [6.45, 7) is 3.33. The van der Waals surface area contributed by atoms with Crippen molar-refractivity contribution in [2.24, 2.45) is 0 Å². The number of aliphatic hydroxyl groups is 3. The molecule has 1 amide bonds. The number of hydrogen-bond donors (Lipinski definition) is 5. The molecular formula is C30H37N3O5. The Hall–Kier alpha value is -3.27. The van der Waals surface area contributed by atoms with E-state index in [2.05, 4.69) is 10.6 Å². The number of methoxy groups -OCH3 is 1. The summed E-state index contributed by atoms with van der Waals surface area (Å²) in [6.07, 6.45) is -1.50. The van der Waals surface area contributed by atoms with Crippen LogP contribution in [0.2, 0.25) is 0 Å². The molecule has 38 heavy (non-hydrogen) atoms. The fourth-order valence-corrected chi connectivity index (χ4v) is 4.86. The van der Waals surface area contributed by atoms with Crippen LogP contribution < -0.4 is 15.4 Å². The lowest BCUT2D eigenvalue weighted by atomic mass is 9.99. The first kappa shape index (κ1) is 27.8. The number of amides is 1. The maximum Gasteiger partial charge on any atom is 0.251 e. The summed E-state index contributed by atoms with van der Waals surface area (Å²) in [5, 5.41) is 38.6. The van der Waals surface area contributed by atoms with E-state index < -0.39 is 24.6 Å². The molecule has 0 aliphatic carbocycles.